The summed E-state index contributed by atoms with van der Waals surface area (Å²) in [4.78, 5) is 31.2. The second kappa shape index (κ2) is 6.65. The summed E-state index contributed by atoms with van der Waals surface area (Å²) in [5, 5.41) is 13.8. The minimum Gasteiger partial charge on any atom is -0.337 e. The maximum atomic E-state index is 12.5. The number of imidazole rings is 1. The van der Waals surface area contributed by atoms with E-state index >= 15 is 0 Å². The van der Waals surface area contributed by atoms with Gasteiger partial charge in [-0.25, -0.2) is 4.98 Å². The molecule has 4 aromatic rings. The van der Waals surface area contributed by atoms with Gasteiger partial charge in [0.25, 0.3) is 5.91 Å². The van der Waals surface area contributed by atoms with E-state index in [0.717, 1.165) is 22.6 Å². The molecule has 7 nitrogen and oxygen atoms in total. The average molecular weight is 378 g/mol. The molecule has 2 aromatic carbocycles. The number of carbonyl (C=O) groups is 1. The van der Waals surface area contributed by atoms with Crippen molar-refractivity contribution in [1.82, 2.24) is 9.97 Å². The Morgan fingerprint density at radius 2 is 2.00 bits per heavy atom. The Morgan fingerprint density at radius 3 is 2.74 bits per heavy atom. The Hall–Kier alpha value is -3.52. The fourth-order valence-electron chi connectivity index (χ4n) is 2.73. The van der Waals surface area contributed by atoms with Crippen LogP contribution in [0.3, 0.4) is 0 Å². The highest BCUT2D eigenvalue weighted by atomic mass is 32.1. The van der Waals surface area contributed by atoms with Crippen LogP contribution in [0.5, 0.6) is 0 Å². The second-order valence-corrected chi connectivity index (χ2v) is 7.04. The third kappa shape index (κ3) is 3.30. The van der Waals surface area contributed by atoms with Crippen molar-refractivity contribution >= 4 is 39.0 Å². The number of H-pyrrole nitrogens is 1. The molecular formula is C19H14N4O3S. The Bertz CT molecular complexity index is 1180. The molecule has 0 aliphatic rings. The number of fused-ring (bicyclic) bond motifs is 1. The number of nitrogens with one attached hydrogen (secondary N) is 2. The third-order valence-electron chi connectivity index (χ3n) is 4.14. The van der Waals surface area contributed by atoms with E-state index in [1.165, 1.54) is 6.07 Å². The average Bonchev–Trinajstić information content (AvgIpc) is 3.29. The number of aromatic nitrogens is 2. The van der Waals surface area contributed by atoms with Gasteiger partial charge in [0.05, 0.1) is 20.8 Å². The van der Waals surface area contributed by atoms with Crippen LogP contribution in [0.15, 0.2) is 54.6 Å². The number of aryl methyl sites for hydroxylation is 1. The largest absolute Gasteiger partial charge is 0.337 e. The van der Waals surface area contributed by atoms with Gasteiger partial charge in [-0.2, -0.15) is 0 Å². The number of nitro groups is 1. The fraction of sp³-hybridized carbons (Fsp3) is 0.0526. The van der Waals surface area contributed by atoms with Crippen molar-refractivity contribution in [3.8, 4) is 10.7 Å². The molecular weight excluding hydrogens is 364 g/mol. The lowest BCUT2D eigenvalue weighted by Crippen LogP contribution is -2.12. The number of aromatic amines is 1. The number of hydrogen-bond acceptors (Lipinski definition) is 5. The lowest BCUT2D eigenvalue weighted by Gasteiger charge is -2.07. The molecule has 2 aromatic heterocycles. The van der Waals surface area contributed by atoms with Crippen molar-refractivity contribution in [2.24, 2.45) is 0 Å². The smallest absolute Gasteiger partial charge is 0.324 e. The first-order valence-electron chi connectivity index (χ1n) is 8.12. The molecule has 27 heavy (non-hydrogen) atoms. The maximum Gasteiger partial charge on any atom is 0.324 e. The Morgan fingerprint density at radius 1 is 1.19 bits per heavy atom. The molecule has 0 bridgehead atoms. The number of amides is 1. The molecule has 0 atom stereocenters. The highest BCUT2D eigenvalue weighted by Crippen LogP contribution is 2.32. The van der Waals surface area contributed by atoms with E-state index in [0.29, 0.717) is 27.3 Å². The zero-order valence-corrected chi connectivity index (χ0v) is 15.0. The molecule has 0 aliphatic carbocycles. The summed E-state index contributed by atoms with van der Waals surface area (Å²) in [7, 11) is 0. The first-order chi connectivity index (χ1) is 13.0. The van der Waals surface area contributed by atoms with Gasteiger partial charge in [-0.3, -0.25) is 14.9 Å². The molecule has 0 unspecified atom stereocenters. The van der Waals surface area contributed by atoms with Gasteiger partial charge in [0, 0.05) is 17.3 Å². The summed E-state index contributed by atoms with van der Waals surface area (Å²) < 4.78 is 0. The number of carbonyl (C=O) groups excluding carboxylic acids is 1. The second-order valence-electron chi connectivity index (χ2n) is 5.98. The monoisotopic (exact) mass is 378 g/mol. The Kier molecular flexibility index (Phi) is 4.17. The van der Waals surface area contributed by atoms with Gasteiger partial charge in [-0.15, -0.1) is 0 Å². The zero-order chi connectivity index (χ0) is 19.0. The van der Waals surface area contributed by atoms with Gasteiger partial charge in [-0.05, 0) is 42.8 Å². The summed E-state index contributed by atoms with van der Waals surface area (Å²) in [6, 6.07) is 15.9. The molecule has 1 amide bonds. The van der Waals surface area contributed by atoms with Gasteiger partial charge in [0.15, 0.2) is 0 Å². The van der Waals surface area contributed by atoms with Crippen molar-refractivity contribution in [2.75, 3.05) is 5.32 Å². The molecule has 134 valence electrons. The normalized spacial score (nSPS) is 10.9. The van der Waals surface area contributed by atoms with Crippen molar-refractivity contribution in [2.45, 2.75) is 6.92 Å². The van der Waals surface area contributed by atoms with Crippen LogP contribution in [0.25, 0.3) is 21.7 Å². The van der Waals surface area contributed by atoms with E-state index in [1.807, 2.05) is 31.2 Å². The SMILES string of the molecule is Cc1ccccc1NC(=O)c1ccc2nc(-c3ccc([N+](=O)[O-])s3)[nH]c2c1. The van der Waals surface area contributed by atoms with Crippen LogP contribution in [0.4, 0.5) is 10.7 Å². The van der Waals surface area contributed by atoms with Gasteiger partial charge < -0.3 is 10.3 Å². The quantitative estimate of drug-likeness (QED) is 0.395. The first kappa shape index (κ1) is 16.9. The molecule has 4 rings (SSSR count). The molecule has 2 N–H and O–H groups in total. The number of hydrogen-bond donors (Lipinski definition) is 2. The van der Waals surface area contributed by atoms with E-state index in [9.17, 15) is 14.9 Å². The fourth-order valence-corrected chi connectivity index (χ4v) is 3.49. The highest BCUT2D eigenvalue weighted by molar-refractivity contribution is 7.18. The summed E-state index contributed by atoms with van der Waals surface area (Å²) in [6.45, 7) is 1.93. The zero-order valence-electron chi connectivity index (χ0n) is 14.2. The van der Waals surface area contributed by atoms with E-state index in [2.05, 4.69) is 15.3 Å². The van der Waals surface area contributed by atoms with E-state index < -0.39 is 4.92 Å². The molecule has 8 heteroatoms. The summed E-state index contributed by atoms with van der Waals surface area (Å²) in [5.74, 6) is 0.327. The number of benzene rings is 2. The van der Waals surface area contributed by atoms with E-state index in [1.54, 1.807) is 24.3 Å². The Balaban J connectivity index is 1.63. The summed E-state index contributed by atoms with van der Waals surface area (Å²) in [6.07, 6.45) is 0. The number of nitrogens with zero attached hydrogens (tertiary/aromatic N) is 2. The lowest BCUT2D eigenvalue weighted by atomic mass is 10.1. The van der Waals surface area contributed by atoms with Crippen molar-refractivity contribution < 1.29 is 9.72 Å². The van der Waals surface area contributed by atoms with Gasteiger partial charge in [-0.1, -0.05) is 29.5 Å². The van der Waals surface area contributed by atoms with Gasteiger partial charge in [0.1, 0.15) is 5.82 Å². The molecule has 0 aliphatic heterocycles. The number of para-hydroxylation sites is 1. The topological polar surface area (TPSA) is 101 Å². The van der Waals surface area contributed by atoms with Crippen LogP contribution in [0.2, 0.25) is 0 Å². The molecule has 0 fully saturated rings. The third-order valence-corrected chi connectivity index (χ3v) is 5.19. The van der Waals surface area contributed by atoms with E-state index in [-0.39, 0.29) is 10.9 Å². The number of anilines is 1. The highest BCUT2D eigenvalue weighted by Gasteiger charge is 2.15. The molecule has 0 radical (unpaired) electrons. The summed E-state index contributed by atoms with van der Waals surface area (Å²) >= 11 is 1.05. The van der Waals surface area contributed by atoms with Gasteiger partial charge in [0.2, 0.25) is 0 Å². The van der Waals surface area contributed by atoms with Crippen LogP contribution in [-0.4, -0.2) is 20.8 Å². The minimum atomic E-state index is -0.426. The summed E-state index contributed by atoms with van der Waals surface area (Å²) in [5.41, 5.74) is 3.62. The van der Waals surface area contributed by atoms with Crippen molar-refractivity contribution in [1.29, 1.82) is 0 Å². The minimum absolute atomic E-state index is 0.0590. The first-order valence-corrected chi connectivity index (χ1v) is 8.94. The predicted octanol–water partition coefficient (Wildman–Crippen LogP) is 4.76. The van der Waals surface area contributed by atoms with Crippen molar-refractivity contribution in [3.63, 3.8) is 0 Å². The van der Waals surface area contributed by atoms with E-state index in [4.69, 9.17) is 0 Å². The number of rotatable bonds is 4. The molecule has 0 saturated carbocycles. The van der Waals surface area contributed by atoms with Crippen LogP contribution >= 0.6 is 11.3 Å². The van der Waals surface area contributed by atoms with Crippen LogP contribution < -0.4 is 5.32 Å². The van der Waals surface area contributed by atoms with Crippen molar-refractivity contribution in [3.05, 3.63) is 75.8 Å². The Labute approximate surface area is 157 Å². The van der Waals surface area contributed by atoms with Crippen LogP contribution in [0.1, 0.15) is 15.9 Å². The standard InChI is InChI=1S/C19H14N4O3S/c1-11-4-2-3-5-13(11)22-19(24)12-6-7-14-15(10-12)21-18(20-14)16-8-9-17(27-16)23(25)26/h2-10H,1H3,(H,20,21)(H,22,24). The molecule has 0 saturated heterocycles. The van der Waals surface area contributed by atoms with Crippen LogP contribution in [0, 0.1) is 17.0 Å². The van der Waals surface area contributed by atoms with Crippen LogP contribution in [-0.2, 0) is 0 Å². The predicted molar refractivity (Wildman–Crippen MR) is 105 cm³/mol. The molecule has 2 heterocycles. The number of thiophene rings is 1. The molecule has 0 spiro atoms. The lowest BCUT2D eigenvalue weighted by molar-refractivity contribution is -0.380. The maximum absolute atomic E-state index is 12.5. The van der Waals surface area contributed by atoms with Gasteiger partial charge >= 0.3 is 5.00 Å².